The predicted octanol–water partition coefficient (Wildman–Crippen LogP) is 0.409. The van der Waals surface area contributed by atoms with Crippen LogP contribution in [0.4, 0.5) is 0 Å². The summed E-state index contributed by atoms with van der Waals surface area (Å²) >= 11 is 0. The molecule has 2 N–H and O–H groups in total. The number of carbonyl (C=O) groups is 2. The first kappa shape index (κ1) is 12.3. The zero-order chi connectivity index (χ0) is 12.1. The number of nitrogens with two attached hydrogens (primary N) is 1. The van der Waals surface area contributed by atoms with Gasteiger partial charge in [0.1, 0.15) is 6.04 Å². The Kier molecular flexibility index (Phi) is 4.13. The second-order valence-electron chi connectivity index (χ2n) is 3.86. The lowest BCUT2D eigenvalue weighted by Gasteiger charge is -2.24. The fraction of sp³-hybridized carbons (Fsp3) is 0.778. The zero-order valence-electron chi connectivity index (χ0n) is 9.17. The van der Waals surface area contributed by atoms with Crippen LogP contribution in [-0.4, -0.2) is 35.8 Å². The molecule has 1 aliphatic rings. The Bertz CT molecular complexity index is 337. The summed E-state index contributed by atoms with van der Waals surface area (Å²) in [7, 11) is 0. The molecule has 16 heavy (non-hydrogen) atoms. The van der Waals surface area contributed by atoms with Crippen LogP contribution in [-0.2, 0) is 9.59 Å². The summed E-state index contributed by atoms with van der Waals surface area (Å²) in [5.74, 6) is -0.583. The van der Waals surface area contributed by atoms with Gasteiger partial charge in [0.15, 0.2) is 0 Å². The molecule has 0 radical (unpaired) electrons. The smallest absolute Gasteiger partial charge is 0.240 e. The number of amides is 2. The average Bonchev–Trinajstić information content (AvgIpc) is 2.58. The molecule has 1 aliphatic heterocycles. The van der Waals surface area contributed by atoms with Crippen molar-refractivity contribution in [1.29, 1.82) is 0 Å². The fourth-order valence-electron chi connectivity index (χ4n) is 1.96. The number of likely N-dealkylation sites (tertiary alicyclic amines) is 1. The summed E-state index contributed by atoms with van der Waals surface area (Å²) in [5, 5.41) is 3.44. The molecule has 0 aliphatic carbocycles. The topological polar surface area (TPSA) is 112 Å². The lowest BCUT2D eigenvalue weighted by molar-refractivity contribution is -0.136. The highest BCUT2D eigenvalue weighted by Crippen LogP contribution is 2.21. The van der Waals surface area contributed by atoms with Crippen molar-refractivity contribution >= 4 is 11.8 Å². The van der Waals surface area contributed by atoms with Gasteiger partial charge in [0.05, 0.1) is 0 Å². The number of rotatable bonds is 5. The molecule has 0 spiro atoms. The Balaban J connectivity index is 2.66. The Morgan fingerprint density at radius 3 is 3.00 bits per heavy atom. The normalized spacial score (nSPS) is 21.7. The summed E-state index contributed by atoms with van der Waals surface area (Å²) in [5.41, 5.74) is 13.4. The molecule has 7 nitrogen and oxygen atoms in total. The van der Waals surface area contributed by atoms with Gasteiger partial charge in [-0.25, -0.2) is 0 Å². The summed E-state index contributed by atoms with van der Waals surface area (Å²) < 4.78 is 0. The molecule has 88 valence electrons. The molecule has 0 aromatic rings. The van der Waals surface area contributed by atoms with Gasteiger partial charge in [-0.15, -0.1) is 0 Å². The van der Waals surface area contributed by atoms with Gasteiger partial charge in [-0.3, -0.25) is 9.59 Å². The van der Waals surface area contributed by atoms with Crippen LogP contribution in [0, 0.1) is 5.92 Å². The van der Waals surface area contributed by atoms with Gasteiger partial charge in [0.25, 0.3) is 0 Å². The number of carbonyl (C=O) groups excluding carboxylic acids is 2. The van der Waals surface area contributed by atoms with E-state index in [1.54, 1.807) is 0 Å². The monoisotopic (exact) mass is 225 g/mol. The van der Waals surface area contributed by atoms with Crippen molar-refractivity contribution in [2.75, 3.05) is 13.1 Å². The maximum absolute atomic E-state index is 11.6. The number of primary amides is 1. The van der Waals surface area contributed by atoms with Crippen LogP contribution in [0.5, 0.6) is 0 Å². The third kappa shape index (κ3) is 2.64. The summed E-state index contributed by atoms with van der Waals surface area (Å²) in [6.45, 7) is 2.54. The maximum Gasteiger partial charge on any atom is 0.240 e. The van der Waals surface area contributed by atoms with E-state index in [0.29, 0.717) is 19.4 Å². The second-order valence-corrected chi connectivity index (χ2v) is 3.86. The van der Waals surface area contributed by atoms with Crippen LogP contribution >= 0.6 is 0 Å². The summed E-state index contributed by atoms with van der Waals surface area (Å²) in [4.78, 5) is 26.9. The lowest BCUT2D eigenvalue weighted by Crippen LogP contribution is -2.45. The molecule has 1 rings (SSSR count). The molecule has 2 amide bonds. The van der Waals surface area contributed by atoms with Crippen LogP contribution < -0.4 is 5.73 Å². The van der Waals surface area contributed by atoms with E-state index in [9.17, 15) is 9.59 Å². The molecule has 2 atom stereocenters. The van der Waals surface area contributed by atoms with Gasteiger partial charge in [-0.05, 0) is 17.9 Å². The minimum Gasteiger partial charge on any atom is -0.368 e. The number of azide groups is 1. The Morgan fingerprint density at radius 2 is 2.50 bits per heavy atom. The first-order valence-electron chi connectivity index (χ1n) is 5.19. The van der Waals surface area contributed by atoms with Crippen molar-refractivity contribution in [3.8, 4) is 0 Å². The van der Waals surface area contributed by atoms with Crippen LogP contribution in [0.1, 0.15) is 19.8 Å². The van der Waals surface area contributed by atoms with Crippen molar-refractivity contribution in [2.24, 2.45) is 16.8 Å². The van der Waals surface area contributed by atoms with Crippen LogP contribution in [0.15, 0.2) is 5.11 Å². The molecule has 1 heterocycles. The van der Waals surface area contributed by atoms with Gasteiger partial charge in [0, 0.05) is 24.4 Å². The van der Waals surface area contributed by atoms with E-state index >= 15 is 0 Å². The van der Waals surface area contributed by atoms with E-state index in [-0.39, 0.29) is 18.4 Å². The third-order valence-corrected chi connectivity index (χ3v) is 2.73. The minimum atomic E-state index is -0.538. The maximum atomic E-state index is 11.6. The van der Waals surface area contributed by atoms with Crippen molar-refractivity contribution in [1.82, 2.24) is 4.90 Å². The fourth-order valence-corrected chi connectivity index (χ4v) is 1.96. The van der Waals surface area contributed by atoms with Gasteiger partial charge in [-0.2, -0.15) is 0 Å². The van der Waals surface area contributed by atoms with Crippen LogP contribution in [0.2, 0.25) is 0 Å². The van der Waals surface area contributed by atoms with Crippen LogP contribution in [0.3, 0.4) is 0 Å². The molecule has 0 saturated carbocycles. The van der Waals surface area contributed by atoms with E-state index in [1.165, 1.54) is 4.90 Å². The number of hydrogen-bond acceptors (Lipinski definition) is 3. The number of hydrogen-bond donors (Lipinski definition) is 1. The molecule has 1 saturated heterocycles. The highest BCUT2D eigenvalue weighted by atomic mass is 16.2. The Morgan fingerprint density at radius 1 is 1.81 bits per heavy atom. The van der Waals surface area contributed by atoms with Crippen molar-refractivity contribution in [3.63, 3.8) is 0 Å². The van der Waals surface area contributed by atoms with E-state index < -0.39 is 11.9 Å². The Hall–Kier alpha value is -1.75. The van der Waals surface area contributed by atoms with E-state index in [1.807, 2.05) is 6.92 Å². The molecule has 1 fully saturated rings. The Labute approximate surface area is 93.2 Å². The standard InChI is InChI=1S/C9H15N5O2/c1-2-7(9(10)16)14-5-6(3-8(14)15)4-12-13-11/h6-7H,2-5H2,1H3,(H2,10,16)/t6-,7+/m0/s1. The molecule has 7 heteroatoms. The third-order valence-electron chi connectivity index (χ3n) is 2.73. The second kappa shape index (κ2) is 5.37. The van der Waals surface area contributed by atoms with E-state index in [0.717, 1.165) is 0 Å². The molecular weight excluding hydrogens is 210 g/mol. The van der Waals surface area contributed by atoms with Crippen molar-refractivity contribution in [2.45, 2.75) is 25.8 Å². The van der Waals surface area contributed by atoms with Crippen molar-refractivity contribution in [3.05, 3.63) is 10.4 Å². The lowest BCUT2D eigenvalue weighted by atomic mass is 10.1. The first-order valence-corrected chi connectivity index (χ1v) is 5.19. The van der Waals surface area contributed by atoms with Crippen LogP contribution in [0.25, 0.3) is 10.4 Å². The minimum absolute atomic E-state index is 0.00296. The highest BCUT2D eigenvalue weighted by molar-refractivity contribution is 5.87. The average molecular weight is 225 g/mol. The summed E-state index contributed by atoms with van der Waals surface area (Å²) in [6.07, 6.45) is 0.831. The van der Waals surface area contributed by atoms with Crippen molar-refractivity contribution < 1.29 is 9.59 Å². The van der Waals surface area contributed by atoms with E-state index in [4.69, 9.17) is 11.3 Å². The number of nitrogens with zero attached hydrogens (tertiary/aromatic N) is 4. The molecule has 0 unspecified atom stereocenters. The quantitative estimate of drug-likeness (QED) is 0.415. The van der Waals surface area contributed by atoms with E-state index in [2.05, 4.69) is 10.0 Å². The molecular formula is C9H15N5O2. The largest absolute Gasteiger partial charge is 0.368 e. The molecule has 0 aromatic heterocycles. The van der Waals surface area contributed by atoms with Gasteiger partial charge in [0.2, 0.25) is 11.8 Å². The molecule has 0 bridgehead atoms. The van der Waals surface area contributed by atoms with Gasteiger partial charge >= 0.3 is 0 Å². The van der Waals surface area contributed by atoms with Gasteiger partial charge < -0.3 is 10.6 Å². The SMILES string of the molecule is CC[C@H](C(N)=O)N1C[C@H](CN=[N+]=[N-])CC1=O. The predicted molar refractivity (Wildman–Crippen MR) is 57.1 cm³/mol. The zero-order valence-corrected chi connectivity index (χ0v) is 9.17. The molecule has 0 aromatic carbocycles. The summed E-state index contributed by atoms with van der Waals surface area (Å²) in [6, 6.07) is -0.538. The van der Waals surface area contributed by atoms with Gasteiger partial charge in [-0.1, -0.05) is 12.0 Å². The first-order chi connectivity index (χ1) is 7.60. The highest BCUT2D eigenvalue weighted by Gasteiger charge is 2.35.